The van der Waals surface area contributed by atoms with Crippen LogP contribution in [0.3, 0.4) is 0 Å². The van der Waals surface area contributed by atoms with Crippen molar-refractivity contribution in [1.82, 2.24) is 0 Å². The Morgan fingerprint density at radius 3 is 2.39 bits per heavy atom. The maximum absolute atomic E-state index is 13.5. The number of hydrogen-bond donors (Lipinski definition) is 2. The van der Waals surface area contributed by atoms with Gasteiger partial charge in [0, 0.05) is 5.56 Å². The van der Waals surface area contributed by atoms with Crippen LogP contribution in [0.15, 0.2) is 36.4 Å². The Balaban J connectivity index is 1.97. The fourth-order valence-electron chi connectivity index (χ4n) is 2.12. The molecule has 1 unspecified atom stereocenters. The van der Waals surface area contributed by atoms with Crippen LogP contribution in [0.25, 0.3) is 0 Å². The van der Waals surface area contributed by atoms with Crippen LogP contribution in [0.1, 0.15) is 5.56 Å². The van der Waals surface area contributed by atoms with Gasteiger partial charge in [-0.05, 0) is 18.2 Å². The number of quaternary nitrogens is 1. The summed E-state index contributed by atoms with van der Waals surface area (Å²) in [7, 11) is 1.66. The molecular formula is C16H15F4N2O+. The van der Waals surface area contributed by atoms with Gasteiger partial charge in [-0.2, -0.15) is 0 Å². The minimum atomic E-state index is -1.64. The van der Waals surface area contributed by atoms with Gasteiger partial charge in [0.2, 0.25) is 0 Å². The molecule has 2 aromatic carbocycles. The normalized spacial score (nSPS) is 12.0. The molecule has 2 N–H and O–H groups in total. The van der Waals surface area contributed by atoms with Crippen LogP contribution < -0.4 is 10.2 Å². The number of likely N-dealkylation sites (N-methyl/N-ethyl adjacent to an activating group) is 1. The van der Waals surface area contributed by atoms with E-state index in [0.29, 0.717) is 10.5 Å². The predicted molar refractivity (Wildman–Crippen MR) is 76.8 cm³/mol. The van der Waals surface area contributed by atoms with E-state index in [0.717, 1.165) is 12.1 Å². The number of carbonyl (C=O) groups is 1. The van der Waals surface area contributed by atoms with Gasteiger partial charge in [0.15, 0.2) is 24.0 Å². The lowest BCUT2D eigenvalue weighted by Gasteiger charge is -2.14. The first-order valence-electron chi connectivity index (χ1n) is 6.86. The molecule has 2 aromatic rings. The minimum Gasteiger partial charge on any atom is -0.326 e. The highest BCUT2D eigenvalue weighted by Crippen LogP contribution is 2.19. The zero-order valence-electron chi connectivity index (χ0n) is 12.3. The van der Waals surface area contributed by atoms with Crippen LogP contribution in [-0.4, -0.2) is 19.5 Å². The third kappa shape index (κ3) is 4.29. The Bertz CT molecular complexity index is 721. The molecular weight excluding hydrogens is 312 g/mol. The van der Waals surface area contributed by atoms with Crippen molar-refractivity contribution < 1.29 is 27.3 Å². The lowest BCUT2D eigenvalue weighted by Crippen LogP contribution is -3.08. The van der Waals surface area contributed by atoms with E-state index in [1.54, 1.807) is 25.2 Å². The average Bonchev–Trinajstić information content (AvgIpc) is 2.50. The standard InChI is InChI=1S/C16H14F4N2O/c1-22(8-10-4-2-3-5-11(10)17)9-14(23)21-13-7-6-12(18)15(19)16(13)20/h2-7H,8-9H2,1H3,(H,21,23)/p+1. The van der Waals surface area contributed by atoms with E-state index in [-0.39, 0.29) is 18.9 Å². The molecule has 0 bridgehead atoms. The Kier molecular flexibility index (Phi) is 5.33. The molecule has 23 heavy (non-hydrogen) atoms. The topological polar surface area (TPSA) is 33.5 Å². The van der Waals surface area contributed by atoms with E-state index in [4.69, 9.17) is 0 Å². The molecule has 0 saturated heterocycles. The number of benzene rings is 2. The molecule has 0 fully saturated rings. The average molecular weight is 327 g/mol. The molecule has 0 saturated carbocycles. The summed E-state index contributed by atoms with van der Waals surface area (Å²) in [6.07, 6.45) is 0. The fourth-order valence-corrected chi connectivity index (χ4v) is 2.12. The number of amides is 1. The molecule has 7 heteroatoms. The number of halogens is 4. The number of nitrogens with one attached hydrogen (secondary N) is 2. The van der Waals surface area contributed by atoms with Gasteiger partial charge in [0.25, 0.3) is 5.91 Å². The van der Waals surface area contributed by atoms with Gasteiger partial charge in [-0.1, -0.05) is 18.2 Å². The summed E-state index contributed by atoms with van der Waals surface area (Å²) < 4.78 is 52.9. The van der Waals surface area contributed by atoms with E-state index < -0.39 is 29.0 Å². The van der Waals surface area contributed by atoms with Crippen molar-refractivity contribution in [2.24, 2.45) is 0 Å². The van der Waals surface area contributed by atoms with Crippen molar-refractivity contribution in [1.29, 1.82) is 0 Å². The van der Waals surface area contributed by atoms with Crippen LogP contribution in [-0.2, 0) is 11.3 Å². The van der Waals surface area contributed by atoms with Gasteiger partial charge in [0.1, 0.15) is 12.4 Å². The van der Waals surface area contributed by atoms with E-state index in [9.17, 15) is 22.4 Å². The second kappa shape index (κ2) is 7.23. The Hall–Kier alpha value is -2.41. The third-order valence-corrected chi connectivity index (χ3v) is 3.22. The van der Waals surface area contributed by atoms with E-state index in [1.165, 1.54) is 6.07 Å². The molecule has 0 heterocycles. The minimum absolute atomic E-state index is 0.0905. The molecule has 0 spiro atoms. The summed E-state index contributed by atoms with van der Waals surface area (Å²) in [6, 6.07) is 7.84. The summed E-state index contributed by atoms with van der Waals surface area (Å²) in [5.41, 5.74) is 0.00407. The molecule has 122 valence electrons. The lowest BCUT2D eigenvalue weighted by atomic mass is 10.2. The van der Waals surface area contributed by atoms with Crippen molar-refractivity contribution in [3.63, 3.8) is 0 Å². The summed E-state index contributed by atoms with van der Waals surface area (Å²) in [5.74, 6) is -5.40. The SMILES string of the molecule is C[NH+](CC(=O)Nc1ccc(F)c(F)c1F)Cc1ccccc1F. The Labute approximate surface area is 130 Å². The van der Waals surface area contributed by atoms with Crippen molar-refractivity contribution in [2.75, 3.05) is 18.9 Å². The number of carbonyl (C=O) groups excluding carboxylic acids is 1. The molecule has 0 radical (unpaired) electrons. The zero-order valence-corrected chi connectivity index (χ0v) is 12.3. The van der Waals surface area contributed by atoms with Crippen LogP contribution in [0, 0.1) is 23.3 Å². The second-order valence-corrected chi connectivity index (χ2v) is 5.17. The second-order valence-electron chi connectivity index (χ2n) is 5.17. The van der Waals surface area contributed by atoms with Gasteiger partial charge < -0.3 is 10.2 Å². The zero-order chi connectivity index (χ0) is 17.0. The third-order valence-electron chi connectivity index (χ3n) is 3.22. The van der Waals surface area contributed by atoms with Gasteiger partial charge >= 0.3 is 0 Å². The van der Waals surface area contributed by atoms with Crippen LogP contribution in [0.2, 0.25) is 0 Å². The fraction of sp³-hybridized carbons (Fsp3) is 0.188. The van der Waals surface area contributed by atoms with Crippen molar-refractivity contribution in [3.8, 4) is 0 Å². The molecule has 0 aliphatic rings. The monoisotopic (exact) mass is 327 g/mol. The summed E-state index contributed by atoms with van der Waals surface area (Å²) in [6.45, 7) is 0.160. The van der Waals surface area contributed by atoms with Crippen LogP contribution in [0.4, 0.5) is 23.2 Å². The molecule has 0 aliphatic carbocycles. The smallest absolute Gasteiger partial charge is 0.279 e. The summed E-state index contributed by atoms with van der Waals surface area (Å²) in [4.78, 5) is 12.5. The van der Waals surface area contributed by atoms with Gasteiger partial charge in [-0.25, -0.2) is 17.6 Å². The Morgan fingerprint density at radius 2 is 1.70 bits per heavy atom. The van der Waals surface area contributed by atoms with Gasteiger partial charge in [-0.3, -0.25) is 4.79 Å². The summed E-state index contributed by atoms with van der Waals surface area (Å²) in [5, 5.41) is 2.17. The molecule has 0 aromatic heterocycles. The number of hydrogen-bond acceptors (Lipinski definition) is 1. The molecule has 3 nitrogen and oxygen atoms in total. The first-order chi connectivity index (χ1) is 10.9. The maximum atomic E-state index is 13.5. The van der Waals surface area contributed by atoms with Gasteiger partial charge in [-0.15, -0.1) is 0 Å². The van der Waals surface area contributed by atoms with E-state index in [2.05, 4.69) is 5.32 Å². The van der Waals surface area contributed by atoms with Crippen LogP contribution >= 0.6 is 0 Å². The first-order valence-corrected chi connectivity index (χ1v) is 6.86. The van der Waals surface area contributed by atoms with Crippen molar-refractivity contribution in [3.05, 3.63) is 65.2 Å². The maximum Gasteiger partial charge on any atom is 0.279 e. The summed E-state index contributed by atoms with van der Waals surface area (Å²) >= 11 is 0. The molecule has 2 rings (SSSR count). The first kappa shape index (κ1) is 17.0. The highest BCUT2D eigenvalue weighted by Gasteiger charge is 2.17. The van der Waals surface area contributed by atoms with Crippen molar-refractivity contribution in [2.45, 2.75) is 6.54 Å². The molecule has 1 atom stereocenters. The van der Waals surface area contributed by atoms with E-state index >= 15 is 0 Å². The molecule has 1 amide bonds. The highest BCUT2D eigenvalue weighted by atomic mass is 19.2. The van der Waals surface area contributed by atoms with Crippen LogP contribution in [0.5, 0.6) is 0 Å². The predicted octanol–water partition coefficient (Wildman–Crippen LogP) is 1.90. The number of rotatable bonds is 5. The Morgan fingerprint density at radius 1 is 1.00 bits per heavy atom. The highest BCUT2D eigenvalue weighted by molar-refractivity contribution is 5.91. The largest absolute Gasteiger partial charge is 0.326 e. The number of anilines is 1. The van der Waals surface area contributed by atoms with E-state index in [1.807, 2.05) is 0 Å². The lowest BCUT2D eigenvalue weighted by molar-refractivity contribution is -0.885. The van der Waals surface area contributed by atoms with Crippen molar-refractivity contribution >= 4 is 11.6 Å². The quantitative estimate of drug-likeness (QED) is 0.638. The van der Waals surface area contributed by atoms with Gasteiger partial charge in [0.05, 0.1) is 12.7 Å². The molecule has 0 aliphatic heterocycles.